The van der Waals surface area contributed by atoms with E-state index in [4.69, 9.17) is 11.4 Å². The van der Waals surface area contributed by atoms with E-state index in [1.165, 1.54) is 0 Å². The number of carbonyl (C=O) groups is 2. The fourth-order valence-corrected chi connectivity index (χ4v) is 2.11. The summed E-state index contributed by atoms with van der Waals surface area (Å²) in [5.74, 6) is -1.26. The molecule has 1 amide bonds. The van der Waals surface area contributed by atoms with Crippen LogP contribution in [0.2, 0.25) is 0 Å². The SMILES string of the molecule is [2H]CC(=O)N[C@@H](Cc1c[nH]c2ccccc12)C(=O)OCC#N. The Morgan fingerprint density at radius 3 is 3.10 bits per heavy atom. The summed E-state index contributed by atoms with van der Waals surface area (Å²) in [4.78, 5) is 26.5. The van der Waals surface area contributed by atoms with Gasteiger partial charge in [0.1, 0.15) is 12.1 Å². The van der Waals surface area contributed by atoms with Gasteiger partial charge in [-0.25, -0.2) is 4.79 Å². The van der Waals surface area contributed by atoms with Gasteiger partial charge in [-0.3, -0.25) is 4.79 Å². The third kappa shape index (κ3) is 3.60. The first-order valence-electron chi connectivity index (χ1n) is 7.03. The minimum Gasteiger partial charge on any atom is -0.449 e. The van der Waals surface area contributed by atoms with E-state index in [0.717, 1.165) is 16.5 Å². The summed E-state index contributed by atoms with van der Waals surface area (Å²) < 4.78 is 11.8. The van der Waals surface area contributed by atoms with Crippen LogP contribution in [0, 0.1) is 11.3 Å². The monoisotopic (exact) mass is 286 g/mol. The lowest BCUT2D eigenvalue weighted by molar-refractivity contribution is -0.146. The number of ether oxygens (including phenoxy) is 1. The molecule has 0 aliphatic heterocycles. The van der Waals surface area contributed by atoms with Crippen LogP contribution in [-0.4, -0.2) is 29.5 Å². The number of nitriles is 1. The van der Waals surface area contributed by atoms with Crippen LogP contribution in [0.5, 0.6) is 0 Å². The molecule has 1 aromatic carbocycles. The molecule has 0 unspecified atom stereocenters. The average Bonchev–Trinajstić information content (AvgIpc) is 2.95. The number of esters is 1. The van der Waals surface area contributed by atoms with Gasteiger partial charge in [0, 0.05) is 31.8 Å². The van der Waals surface area contributed by atoms with Crippen molar-refractivity contribution in [1.29, 1.82) is 5.26 Å². The topological polar surface area (TPSA) is 95.0 Å². The summed E-state index contributed by atoms with van der Waals surface area (Å²) in [6.07, 6.45) is 1.99. The molecule has 0 radical (unpaired) electrons. The Morgan fingerprint density at radius 2 is 2.33 bits per heavy atom. The summed E-state index contributed by atoms with van der Waals surface area (Å²) in [6.45, 7) is -0.851. The minimum atomic E-state index is -0.926. The third-order valence-corrected chi connectivity index (χ3v) is 3.00. The number of hydrogen-bond acceptors (Lipinski definition) is 4. The average molecular weight is 286 g/mol. The lowest BCUT2D eigenvalue weighted by Crippen LogP contribution is -2.42. The number of aromatic amines is 1. The number of hydrogen-bond donors (Lipinski definition) is 2. The van der Waals surface area contributed by atoms with Crippen molar-refractivity contribution in [1.82, 2.24) is 10.3 Å². The Hall–Kier alpha value is -2.81. The number of nitrogens with zero attached hydrogens (tertiary/aromatic N) is 1. The highest BCUT2D eigenvalue weighted by Crippen LogP contribution is 2.19. The van der Waals surface area contributed by atoms with Crippen LogP contribution in [0.15, 0.2) is 30.5 Å². The third-order valence-electron chi connectivity index (χ3n) is 3.00. The maximum absolute atomic E-state index is 12.0. The van der Waals surface area contributed by atoms with Gasteiger partial charge in [0.25, 0.3) is 0 Å². The number of amides is 1. The van der Waals surface area contributed by atoms with Gasteiger partial charge < -0.3 is 15.0 Å². The predicted octanol–water partition coefficient (Wildman–Crippen LogP) is 1.28. The Labute approximate surface area is 123 Å². The molecule has 2 N–H and O–H groups in total. The van der Waals surface area contributed by atoms with Crippen LogP contribution in [0.1, 0.15) is 13.8 Å². The molecule has 1 heterocycles. The van der Waals surface area contributed by atoms with Crippen LogP contribution in [0.3, 0.4) is 0 Å². The fourth-order valence-electron chi connectivity index (χ4n) is 2.11. The van der Waals surface area contributed by atoms with E-state index in [1.807, 2.05) is 24.3 Å². The maximum atomic E-state index is 12.0. The number of fused-ring (bicyclic) bond motifs is 1. The molecule has 2 aromatic rings. The molecule has 0 aliphatic carbocycles. The molecule has 0 aliphatic rings. The Morgan fingerprint density at radius 1 is 1.52 bits per heavy atom. The molecule has 6 heteroatoms. The molecule has 21 heavy (non-hydrogen) atoms. The molecule has 0 saturated carbocycles. The number of H-pyrrole nitrogens is 1. The van der Waals surface area contributed by atoms with Gasteiger partial charge in [0.15, 0.2) is 6.61 Å². The molecule has 108 valence electrons. The van der Waals surface area contributed by atoms with E-state index in [2.05, 4.69) is 10.3 Å². The van der Waals surface area contributed by atoms with Crippen molar-refractivity contribution >= 4 is 22.8 Å². The second-order valence-corrected chi connectivity index (χ2v) is 4.45. The quantitative estimate of drug-likeness (QED) is 0.809. The first-order valence-corrected chi connectivity index (χ1v) is 6.33. The molecular weight excluding hydrogens is 270 g/mol. The van der Waals surface area contributed by atoms with Crippen molar-refractivity contribution in [2.24, 2.45) is 0 Å². The normalized spacial score (nSPS) is 12.2. The first-order chi connectivity index (χ1) is 10.7. The highest BCUT2D eigenvalue weighted by molar-refractivity contribution is 5.86. The van der Waals surface area contributed by atoms with Gasteiger partial charge in [-0.05, 0) is 11.6 Å². The van der Waals surface area contributed by atoms with Gasteiger partial charge in [0.05, 0.1) is 0 Å². The second kappa shape index (κ2) is 6.57. The maximum Gasteiger partial charge on any atom is 0.330 e. The zero-order valence-corrected chi connectivity index (χ0v) is 11.3. The van der Waals surface area contributed by atoms with Crippen LogP contribution in [0.25, 0.3) is 10.9 Å². The van der Waals surface area contributed by atoms with E-state index in [9.17, 15) is 9.59 Å². The fraction of sp³-hybridized carbons (Fsp3) is 0.267. The van der Waals surface area contributed by atoms with E-state index in [1.54, 1.807) is 12.3 Å². The highest BCUT2D eigenvalue weighted by Gasteiger charge is 2.22. The van der Waals surface area contributed by atoms with Crippen molar-refractivity contribution in [3.05, 3.63) is 36.0 Å². The predicted molar refractivity (Wildman–Crippen MR) is 76.2 cm³/mol. The van der Waals surface area contributed by atoms with E-state index >= 15 is 0 Å². The molecule has 1 aromatic heterocycles. The van der Waals surface area contributed by atoms with Crippen molar-refractivity contribution in [3.8, 4) is 6.07 Å². The summed E-state index contributed by atoms with van der Waals surface area (Å²) in [6, 6.07) is 8.37. The lowest BCUT2D eigenvalue weighted by atomic mass is 10.0. The van der Waals surface area contributed by atoms with Gasteiger partial charge in [0.2, 0.25) is 5.91 Å². The van der Waals surface area contributed by atoms with Gasteiger partial charge in [-0.1, -0.05) is 18.2 Å². The molecular formula is C15H15N3O3. The van der Waals surface area contributed by atoms with Gasteiger partial charge in [-0.15, -0.1) is 0 Å². The standard InChI is InChI=1S/C15H15N3O3/c1-10(19)18-14(15(20)21-7-6-16)8-11-9-17-13-5-3-2-4-12(11)13/h2-5,9,14,17H,7-8H2,1H3,(H,18,19)/t14-/m0/s1/i1D. The van der Waals surface area contributed by atoms with Gasteiger partial charge in [-0.2, -0.15) is 5.26 Å². The lowest BCUT2D eigenvalue weighted by Gasteiger charge is -2.15. The number of benzene rings is 1. The number of nitrogens with one attached hydrogen (secondary N) is 2. The summed E-state index contributed by atoms with van der Waals surface area (Å²) >= 11 is 0. The number of aromatic nitrogens is 1. The Balaban J connectivity index is 2.19. The number of carbonyl (C=O) groups excluding carboxylic acids is 2. The summed E-state index contributed by atoms with van der Waals surface area (Å²) in [7, 11) is 0. The molecule has 0 fully saturated rings. The van der Waals surface area contributed by atoms with Crippen LogP contribution in [-0.2, 0) is 20.7 Å². The first kappa shape index (κ1) is 13.2. The molecule has 0 saturated heterocycles. The van der Waals surface area contributed by atoms with Crippen LogP contribution >= 0.6 is 0 Å². The largest absolute Gasteiger partial charge is 0.449 e. The van der Waals surface area contributed by atoms with E-state index < -0.39 is 24.8 Å². The van der Waals surface area contributed by atoms with Gasteiger partial charge >= 0.3 is 5.97 Å². The second-order valence-electron chi connectivity index (χ2n) is 4.45. The van der Waals surface area contributed by atoms with E-state index in [0.29, 0.717) is 0 Å². The zero-order valence-electron chi connectivity index (χ0n) is 12.3. The van der Waals surface area contributed by atoms with Crippen molar-refractivity contribution in [3.63, 3.8) is 0 Å². The Bertz CT molecular complexity index is 720. The van der Waals surface area contributed by atoms with Crippen LogP contribution < -0.4 is 5.32 Å². The molecule has 0 bridgehead atoms. The number of para-hydroxylation sites is 1. The molecule has 0 spiro atoms. The zero-order chi connectivity index (χ0) is 15.9. The highest BCUT2D eigenvalue weighted by atomic mass is 16.5. The molecule has 6 nitrogen and oxygen atoms in total. The smallest absolute Gasteiger partial charge is 0.330 e. The number of rotatable bonds is 5. The van der Waals surface area contributed by atoms with Crippen LogP contribution in [0.4, 0.5) is 0 Å². The van der Waals surface area contributed by atoms with Crippen molar-refractivity contribution in [2.75, 3.05) is 6.61 Å². The van der Waals surface area contributed by atoms with Crippen molar-refractivity contribution in [2.45, 2.75) is 19.4 Å². The summed E-state index contributed by atoms with van der Waals surface area (Å²) in [5, 5.41) is 11.9. The molecule has 1 atom stereocenters. The molecule has 2 rings (SSSR count). The van der Waals surface area contributed by atoms with Crippen molar-refractivity contribution < 1.29 is 15.7 Å². The minimum absolute atomic E-state index is 0.222. The Kier molecular flexibility index (Phi) is 4.12. The van der Waals surface area contributed by atoms with E-state index in [-0.39, 0.29) is 13.0 Å². The summed E-state index contributed by atoms with van der Waals surface area (Å²) in [5.41, 5.74) is 1.77.